The van der Waals surface area contributed by atoms with Crippen LogP contribution in [0.1, 0.15) is 12.8 Å². The van der Waals surface area contributed by atoms with Crippen LogP contribution in [-0.2, 0) is 9.47 Å². The molecule has 7 heteroatoms. The number of nitrogens with one attached hydrogen (secondary N) is 1. The number of rotatable bonds is 7. The van der Waals surface area contributed by atoms with Crippen LogP contribution >= 0.6 is 0 Å². The first kappa shape index (κ1) is 14.0. The van der Waals surface area contributed by atoms with Gasteiger partial charge in [0, 0.05) is 13.2 Å². The van der Waals surface area contributed by atoms with Gasteiger partial charge in [-0.15, -0.1) is 0 Å². The Labute approximate surface area is 123 Å². The van der Waals surface area contributed by atoms with Crippen LogP contribution in [0.2, 0.25) is 0 Å². The molecule has 0 bridgehead atoms. The van der Waals surface area contributed by atoms with Crippen molar-refractivity contribution in [2.24, 2.45) is 0 Å². The molecule has 1 aromatic heterocycles. The summed E-state index contributed by atoms with van der Waals surface area (Å²) < 4.78 is 12.8. The van der Waals surface area contributed by atoms with Gasteiger partial charge in [-0.1, -0.05) is 23.3 Å². The highest BCUT2D eigenvalue weighted by molar-refractivity contribution is 5.38. The molecule has 1 saturated heterocycles. The zero-order valence-electron chi connectivity index (χ0n) is 11.8. The van der Waals surface area contributed by atoms with Gasteiger partial charge in [-0.2, -0.15) is 4.68 Å². The first-order valence-electron chi connectivity index (χ1n) is 7.20. The predicted octanol–water partition coefficient (Wildman–Crippen LogP) is 1.27. The van der Waals surface area contributed by atoms with E-state index in [4.69, 9.17) is 9.47 Å². The molecule has 3 rings (SSSR count). The van der Waals surface area contributed by atoms with Crippen molar-refractivity contribution in [2.75, 3.05) is 31.7 Å². The van der Waals surface area contributed by atoms with E-state index in [-0.39, 0.29) is 6.10 Å². The number of tetrazole rings is 1. The summed E-state index contributed by atoms with van der Waals surface area (Å²) >= 11 is 0. The lowest BCUT2D eigenvalue weighted by Crippen LogP contribution is -2.18. The van der Waals surface area contributed by atoms with Gasteiger partial charge < -0.3 is 14.8 Å². The van der Waals surface area contributed by atoms with E-state index in [1.807, 2.05) is 30.3 Å². The standard InChI is InChI=1S/C14H19N5O2/c1-2-5-12(6-3-1)19-14(16-17-18-19)15-8-10-20-11-13-7-4-9-21-13/h1-3,5-6,13H,4,7-11H2,(H,15,16,18). The minimum absolute atomic E-state index is 0.264. The van der Waals surface area contributed by atoms with Crippen LogP contribution in [-0.4, -0.2) is 52.7 Å². The Morgan fingerprint density at radius 2 is 2.24 bits per heavy atom. The van der Waals surface area contributed by atoms with Gasteiger partial charge in [0.05, 0.1) is 25.0 Å². The molecule has 1 N–H and O–H groups in total. The minimum atomic E-state index is 0.264. The van der Waals surface area contributed by atoms with Crippen molar-refractivity contribution >= 4 is 5.95 Å². The van der Waals surface area contributed by atoms with Crippen molar-refractivity contribution < 1.29 is 9.47 Å². The number of aromatic nitrogens is 4. The summed E-state index contributed by atoms with van der Waals surface area (Å²) in [4.78, 5) is 0. The Morgan fingerprint density at radius 1 is 1.33 bits per heavy atom. The van der Waals surface area contributed by atoms with Gasteiger partial charge in [0.2, 0.25) is 5.95 Å². The van der Waals surface area contributed by atoms with E-state index in [2.05, 4.69) is 20.8 Å². The van der Waals surface area contributed by atoms with E-state index < -0.39 is 0 Å². The number of hydrogen-bond acceptors (Lipinski definition) is 6. The van der Waals surface area contributed by atoms with Crippen molar-refractivity contribution in [2.45, 2.75) is 18.9 Å². The predicted molar refractivity (Wildman–Crippen MR) is 77.4 cm³/mol. The maximum atomic E-state index is 5.60. The third-order valence-corrected chi connectivity index (χ3v) is 3.33. The van der Waals surface area contributed by atoms with Gasteiger partial charge in [0.15, 0.2) is 0 Å². The molecule has 1 aliphatic rings. The smallest absolute Gasteiger partial charge is 0.247 e. The van der Waals surface area contributed by atoms with Crippen LogP contribution in [0.15, 0.2) is 30.3 Å². The molecule has 0 radical (unpaired) electrons. The lowest BCUT2D eigenvalue weighted by atomic mass is 10.2. The Kier molecular flexibility index (Phi) is 4.75. The minimum Gasteiger partial charge on any atom is -0.377 e. The fourth-order valence-corrected chi connectivity index (χ4v) is 2.27. The fraction of sp³-hybridized carbons (Fsp3) is 0.500. The molecule has 2 aromatic rings. The Balaban J connectivity index is 1.44. The van der Waals surface area contributed by atoms with Crippen LogP contribution < -0.4 is 5.32 Å². The lowest BCUT2D eigenvalue weighted by Gasteiger charge is -2.10. The Hall–Kier alpha value is -1.99. The topological polar surface area (TPSA) is 74.1 Å². The second-order valence-corrected chi connectivity index (χ2v) is 4.89. The zero-order valence-corrected chi connectivity index (χ0v) is 11.8. The van der Waals surface area contributed by atoms with Crippen LogP contribution in [0.4, 0.5) is 5.95 Å². The summed E-state index contributed by atoms with van der Waals surface area (Å²) in [5.41, 5.74) is 0.922. The first-order valence-corrected chi connectivity index (χ1v) is 7.20. The average Bonchev–Trinajstić information content (AvgIpc) is 3.19. The number of nitrogens with zero attached hydrogens (tertiary/aromatic N) is 4. The molecule has 1 atom stereocenters. The van der Waals surface area contributed by atoms with Crippen LogP contribution in [0.5, 0.6) is 0 Å². The van der Waals surface area contributed by atoms with E-state index in [9.17, 15) is 0 Å². The fourth-order valence-electron chi connectivity index (χ4n) is 2.27. The molecule has 2 heterocycles. The molecular formula is C14H19N5O2. The highest BCUT2D eigenvalue weighted by Crippen LogP contribution is 2.12. The molecule has 7 nitrogen and oxygen atoms in total. The largest absolute Gasteiger partial charge is 0.377 e. The number of para-hydroxylation sites is 1. The van der Waals surface area contributed by atoms with Crippen molar-refractivity contribution in [3.8, 4) is 5.69 Å². The van der Waals surface area contributed by atoms with E-state index >= 15 is 0 Å². The molecule has 1 aromatic carbocycles. The van der Waals surface area contributed by atoms with Crippen LogP contribution in [0, 0.1) is 0 Å². The van der Waals surface area contributed by atoms with Crippen LogP contribution in [0.25, 0.3) is 5.69 Å². The molecule has 112 valence electrons. The van der Waals surface area contributed by atoms with Gasteiger partial charge >= 0.3 is 0 Å². The molecule has 0 aliphatic carbocycles. The second-order valence-electron chi connectivity index (χ2n) is 4.89. The molecule has 1 fully saturated rings. The third-order valence-electron chi connectivity index (χ3n) is 3.33. The van der Waals surface area contributed by atoms with Gasteiger partial charge in [-0.3, -0.25) is 0 Å². The van der Waals surface area contributed by atoms with E-state index in [0.29, 0.717) is 25.7 Å². The summed E-state index contributed by atoms with van der Waals surface area (Å²) in [6.07, 6.45) is 2.50. The molecular weight excluding hydrogens is 270 g/mol. The molecule has 1 unspecified atom stereocenters. The van der Waals surface area contributed by atoms with E-state index in [1.165, 1.54) is 0 Å². The van der Waals surface area contributed by atoms with Crippen LogP contribution in [0.3, 0.4) is 0 Å². The molecule has 0 saturated carbocycles. The molecule has 0 amide bonds. The number of ether oxygens (including phenoxy) is 2. The molecule has 1 aliphatic heterocycles. The number of anilines is 1. The summed E-state index contributed by atoms with van der Waals surface area (Å²) in [5.74, 6) is 0.613. The van der Waals surface area contributed by atoms with Gasteiger partial charge in [-0.25, -0.2) is 0 Å². The van der Waals surface area contributed by atoms with Crippen molar-refractivity contribution in [1.29, 1.82) is 0 Å². The van der Waals surface area contributed by atoms with Gasteiger partial charge in [0.25, 0.3) is 0 Å². The lowest BCUT2D eigenvalue weighted by molar-refractivity contribution is 0.0206. The monoisotopic (exact) mass is 289 g/mol. The SMILES string of the molecule is c1ccc(-n2nnnc2NCCOCC2CCCO2)cc1. The van der Waals surface area contributed by atoms with E-state index in [1.54, 1.807) is 4.68 Å². The molecule has 0 spiro atoms. The second kappa shape index (κ2) is 7.14. The normalized spacial score (nSPS) is 18.0. The summed E-state index contributed by atoms with van der Waals surface area (Å²) in [6, 6.07) is 9.77. The van der Waals surface area contributed by atoms with Crippen molar-refractivity contribution in [3.05, 3.63) is 30.3 Å². The molecule has 21 heavy (non-hydrogen) atoms. The van der Waals surface area contributed by atoms with Gasteiger partial charge in [0.1, 0.15) is 0 Å². The van der Waals surface area contributed by atoms with E-state index in [0.717, 1.165) is 25.1 Å². The maximum Gasteiger partial charge on any atom is 0.247 e. The highest BCUT2D eigenvalue weighted by atomic mass is 16.5. The zero-order chi connectivity index (χ0) is 14.3. The van der Waals surface area contributed by atoms with Crippen molar-refractivity contribution in [1.82, 2.24) is 20.2 Å². The quantitative estimate of drug-likeness (QED) is 0.774. The van der Waals surface area contributed by atoms with Gasteiger partial charge in [-0.05, 0) is 35.4 Å². The highest BCUT2D eigenvalue weighted by Gasteiger charge is 2.15. The average molecular weight is 289 g/mol. The van der Waals surface area contributed by atoms with Crippen molar-refractivity contribution in [3.63, 3.8) is 0 Å². The Morgan fingerprint density at radius 3 is 3.05 bits per heavy atom. The number of hydrogen-bond donors (Lipinski definition) is 1. The third kappa shape index (κ3) is 3.77. The first-order chi connectivity index (χ1) is 10.4. The Bertz CT molecular complexity index is 539. The summed E-state index contributed by atoms with van der Waals surface area (Å²) in [6.45, 7) is 2.77. The summed E-state index contributed by atoms with van der Waals surface area (Å²) in [5, 5.41) is 14.8. The summed E-state index contributed by atoms with van der Waals surface area (Å²) in [7, 11) is 0. The maximum absolute atomic E-state index is 5.60. The number of benzene rings is 1.